The summed E-state index contributed by atoms with van der Waals surface area (Å²) < 4.78 is 4.87. The van der Waals surface area contributed by atoms with Gasteiger partial charge in [0.15, 0.2) is 0 Å². The third kappa shape index (κ3) is 3.81. The lowest BCUT2D eigenvalue weighted by Gasteiger charge is -2.04. The van der Waals surface area contributed by atoms with Gasteiger partial charge in [-0.05, 0) is 5.56 Å². The van der Waals surface area contributed by atoms with Crippen LogP contribution in [0, 0.1) is 0 Å². The molecule has 0 N–H and O–H groups in total. The summed E-state index contributed by atoms with van der Waals surface area (Å²) in [5.74, 6) is -0.362. The van der Waals surface area contributed by atoms with Gasteiger partial charge < -0.3 is 4.74 Å². The van der Waals surface area contributed by atoms with E-state index in [2.05, 4.69) is 13.2 Å². The van der Waals surface area contributed by atoms with Crippen LogP contribution in [-0.4, -0.2) is 12.6 Å². The summed E-state index contributed by atoms with van der Waals surface area (Å²) in [6, 6.07) is 9.69. The summed E-state index contributed by atoms with van der Waals surface area (Å²) in [4.78, 5) is 11.3. The molecule has 0 fully saturated rings. The van der Waals surface area contributed by atoms with Crippen LogP contribution in [-0.2, 0) is 16.0 Å². The molecule has 0 atom stereocenters. The average Bonchev–Trinajstić information content (AvgIpc) is 2.27. The van der Waals surface area contributed by atoms with Crippen molar-refractivity contribution in [3.05, 3.63) is 60.7 Å². The highest BCUT2D eigenvalue weighted by Gasteiger charge is 2.07. The van der Waals surface area contributed by atoms with Gasteiger partial charge in [0.25, 0.3) is 0 Å². The Bertz CT molecular complexity index is 352. The first-order valence-corrected chi connectivity index (χ1v) is 4.73. The van der Waals surface area contributed by atoms with Gasteiger partial charge in [-0.2, -0.15) is 0 Å². The van der Waals surface area contributed by atoms with E-state index in [1.165, 1.54) is 6.08 Å². The van der Waals surface area contributed by atoms with Crippen molar-refractivity contribution < 1.29 is 9.53 Å². The highest BCUT2D eigenvalue weighted by molar-refractivity contribution is 5.88. The fourth-order valence-corrected chi connectivity index (χ4v) is 1.15. The number of rotatable bonds is 5. The topological polar surface area (TPSA) is 26.3 Å². The molecule has 2 nitrogen and oxygen atoms in total. The first-order chi connectivity index (χ1) is 7.24. The van der Waals surface area contributed by atoms with Crippen molar-refractivity contribution in [2.75, 3.05) is 6.61 Å². The van der Waals surface area contributed by atoms with Crippen LogP contribution in [0.15, 0.2) is 55.1 Å². The normalized spacial score (nSPS) is 9.33. The molecule has 0 aliphatic carbocycles. The maximum Gasteiger partial charge on any atom is 0.334 e. The lowest BCUT2D eigenvalue weighted by Crippen LogP contribution is -2.08. The van der Waals surface area contributed by atoms with Crippen molar-refractivity contribution in [2.45, 2.75) is 6.42 Å². The van der Waals surface area contributed by atoms with Gasteiger partial charge >= 0.3 is 5.97 Å². The predicted molar refractivity (Wildman–Crippen MR) is 60.4 cm³/mol. The number of ether oxygens (including phenoxy) is 1. The lowest BCUT2D eigenvalue weighted by molar-refractivity contribution is -0.137. The van der Waals surface area contributed by atoms with Gasteiger partial charge in [-0.15, -0.1) is 0 Å². The molecule has 0 saturated heterocycles. The van der Waals surface area contributed by atoms with E-state index in [0.29, 0.717) is 12.0 Å². The Morgan fingerprint density at radius 3 is 2.60 bits per heavy atom. The Labute approximate surface area is 89.9 Å². The maximum atomic E-state index is 11.3. The SMILES string of the molecule is C=CCOC(=O)C(=C)Cc1ccccc1. The molecular formula is C13H14O2. The maximum absolute atomic E-state index is 11.3. The van der Waals surface area contributed by atoms with E-state index in [1.807, 2.05) is 30.3 Å². The second kappa shape index (κ2) is 5.81. The molecule has 1 aromatic carbocycles. The summed E-state index contributed by atoms with van der Waals surface area (Å²) in [5, 5.41) is 0. The van der Waals surface area contributed by atoms with Gasteiger partial charge in [0.2, 0.25) is 0 Å². The summed E-state index contributed by atoms with van der Waals surface area (Å²) in [6.45, 7) is 7.39. The Hall–Kier alpha value is -1.83. The Morgan fingerprint density at radius 1 is 1.33 bits per heavy atom. The largest absolute Gasteiger partial charge is 0.458 e. The molecule has 0 unspecified atom stereocenters. The first kappa shape index (κ1) is 11.2. The molecule has 0 saturated carbocycles. The van der Waals surface area contributed by atoms with Gasteiger partial charge in [0.05, 0.1) is 0 Å². The molecule has 1 aromatic rings. The van der Waals surface area contributed by atoms with Crippen LogP contribution in [0.1, 0.15) is 5.56 Å². The van der Waals surface area contributed by atoms with Crippen molar-refractivity contribution in [3.8, 4) is 0 Å². The van der Waals surface area contributed by atoms with Gasteiger partial charge in [-0.25, -0.2) is 4.79 Å². The van der Waals surface area contributed by atoms with Crippen LogP contribution in [0.4, 0.5) is 0 Å². The zero-order chi connectivity index (χ0) is 11.1. The van der Waals surface area contributed by atoms with Gasteiger partial charge in [0.1, 0.15) is 6.61 Å². The summed E-state index contributed by atoms with van der Waals surface area (Å²) in [7, 11) is 0. The van der Waals surface area contributed by atoms with Crippen molar-refractivity contribution in [1.29, 1.82) is 0 Å². The number of hydrogen-bond donors (Lipinski definition) is 0. The molecule has 0 aromatic heterocycles. The van der Waals surface area contributed by atoms with E-state index in [9.17, 15) is 4.79 Å². The summed E-state index contributed by atoms with van der Waals surface area (Å²) in [5.41, 5.74) is 1.51. The number of esters is 1. The molecule has 0 amide bonds. The molecule has 0 spiro atoms. The third-order valence-corrected chi connectivity index (χ3v) is 1.88. The summed E-state index contributed by atoms with van der Waals surface area (Å²) >= 11 is 0. The molecule has 1 rings (SSSR count). The molecule has 78 valence electrons. The van der Waals surface area contributed by atoms with E-state index in [1.54, 1.807) is 0 Å². The monoisotopic (exact) mass is 202 g/mol. The minimum absolute atomic E-state index is 0.229. The van der Waals surface area contributed by atoms with Crippen LogP contribution >= 0.6 is 0 Å². The summed E-state index contributed by atoms with van der Waals surface area (Å²) in [6.07, 6.45) is 2.06. The average molecular weight is 202 g/mol. The van der Waals surface area contributed by atoms with Gasteiger partial charge in [-0.1, -0.05) is 49.6 Å². The highest BCUT2D eigenvalue weighted by Crippen LogP contribution is 2.07. The van der Waals surface area contributed by atoms with Gasteiger partial charge in [0, 0.05) is 12.0 Å². The standard InChI is InChI=1S/C13H14O2/c1-3-9-15-13(14)11(2)10-12-7-5-4-6-8-12/h3-8H,1-2,9-10H2. The smallest absolute Gasteiger partial charge is 0.334 e. The fourth-order valence-electron chi connectivity index (χ4n) is 1.15. The minimum Gasteiger partial charge on any atom is -0.458 e. The molecule has 15 heavy (non-hydrogen) atoms. The van der Waals surface area contributed by atoms with E-state index >= 15 is 0 Å². The van der Waals surface area contributed by atoms with Crippen molar-refractivity contribution in [1.82, 2.24) is 0 Å². The predicted octanol–water partition coefficient (Wildman–Crippen LogP) is 2.51. The van der Waals surface area contributed by atoms with E-state index in [-0.39, 0.29) is 12.6 Å². The number of carbonyl (C=O) groups is 1. The number of benzene rings is 1. The number of hydrogen-bond acceptors (Lipinski definition) is 2. The highest BCUT2D eigenvalue weighted by atomic mass is 16.5. The lowest BCUT2D eigenvalue weighted by atomic mass is 10.1. The molecule has 0 heterocycles. The second-order valence-electron chi connectivity index (χ2n) is 3.15. The Morgan fingerprint density at radius 2 is 2.00 bits per heavy atom. The minimum atomic E-state index is -0.362. The molecule has 0 aliphatic rings. The van der Waals surface area contributed by atoms with Gasteiger partial charge in [-0.3, -0.25) is 0 Å². The van der Waals surface area contributed by atoms with E-state index in [0.717, 1.165) is 5.56 Å². The second-order valence-corrected chi connectivity index (χ2v) is 3.15. The zero-order valence-corrected chi connectivity index (χ0v) is 8.61. The molecule has 2 heteroatoms. The quantitative estimate of drug-likeness (QED) is 0.416. The molecule has 0 aliphatic heterocycles. The van der Waals surface area contributed by atoms with Crippen LogP contribution < -0.4 is 0 Å². The Balaban J connectivity index is 2.49. The molecule has 0 radical (unpaired) electrons. The van der Waals surface area contributed by atoms with Crippen LogP contribution in [0.2, 0.25) is 0 Å². The van der Waals surface area contributed by atoms with Crippen molar-refractivity contribution >= 4 is 5.97 Å². The molecular weight excluding hydrogens is 188 g/mol. The zero-order valence-electron chi connectivity index (χ0n) is 8.61. The van der Waals surface area contributed by atoms with E-state index in [4.69, 9.17) is 4.74 Å². The third-order valence-electron chi connectivity index (χ3n) is 1.88. The van der Waals surface area contributed by atoms with E-state index < -0.39 is 0 Å². The fraction of sp³-hybridized carbons (Fsp3) is 0.154. The van der Waals surface area contributed by atoms with Crippen LogP contribution in [0.3, 0.4) is 0 Å². The Kier molecular flexibility index (Phi) is 4.35. The van der Waals surface area contributed by atoms with Crippen molar-refractivity contribution in [2.24, 2.45) is 0 Å². The first-order valence-electron chi connectivity index (χ1n) is 4.73. The number of carbonyl (C=O) groups excluding carboxylic acids is 1. The van der Waals surface area contributed by atoms with Crippen LogP contribution in [0.5, 0.6) is 0 Å². The van der Waals surface area contributed by atoms with Crippen molar-refractivity contribution in [3.63, 3.8) is 0 Å². The van der Waals surface area contributed by atoms with Crippen LogP contribution in [0.25, 0.3) is 0 Å². The molecule has 0 bridgehead atoms.